The van der Waals surface area contributed by atoms with Crippen LogP contribution in [-0.2, 0) is 0 Å². The SMILES string of the molecule is CCCC(C)Nc1ncc(Cl)c(-c2cnn3c(C)c(C(CCC)CCC)ccc23)n1. The van der Waals surface area contributed by atoms with Crippen molar-refractivity contribution in [3.63, 3.8) is 0 Å². The van der Waals surface area contributed by atoms with Crippen molar-refractivity contribution in [3.8, 4) is 11.3 Å². The van der Waals surface area contributed by atoms with Crippen LogP contribution < -0.4 is 5.32 Å². The highest BCUT2D eigenvalue weighted by atomic mass is 35.5. The molecule has 0 fully saturated rings. The molecule has 0 radical (unpaired) electrons. The molecule has 30 heavy (non-hydrogen) atoms. The maximum atomic E-state index is 6.50. The Morgan fingerprint density at radius 3 is 2.40 bits per heavy atom. The van der Waals surface area contributed by atoms with E-state index >= 15 is 0 Å². The standard InChI is InChI=1S/C24H34ClN5/c1-6-9-16(4)28-24-26-15-21(25)23(29-24)20-14-27-30-17(5)19(12-13-22(20)30)18(10-7-2)11-8-3/h12-16,18H,6-11H2,1-5H3,(H,26,28,29). The lowest BCUT2D eigenvalue weighted by atomic mass is 9.89. The number of aryl methyl sites for hydroxylation is 1. The third-order valence-electron chi connectivity index (χ3n) is 5.77. The molecule has 6 heteroatoms. The number of hydrogen-bond donors (Lipinski definition) is 1. The second kappa shape index (κ2) is 10.3. The quantitative estimate of drug-likeness (QED) is 0.377. The molecule has 0 aromatic carbocycles. The van der Waals surface area contributed by atoms with E-state index in [9.17, 15) is 0 Å². The van der Waals surface area contributed by atoms with Crippen LogP contribution in [0.3, 0.4) is 0 Å². The molecule has 5 nitrogen and oxygen atoms in total. The van der Waals surface area contributed by atoms with Gasteiger partial charge in [-0.25, -0.2) is 14.5 Å². The fourth-order valence-corrected chi connectivity index (χ4v) is 4.51. The summed E-state index contributed by atoms with van der Waals surface area (Å²) >= 11 is 6.50. The molecule has 1 unspecified atom stereocenters. The lowest BCUT2D eigenvalue weighted by molar-refractivity contribution is 0.554. The molecular weight excluding hydrogens is 394 g/mol. The molecule has 0 amide bonds. The minimum Gasteiger partial charge on any atom is -0.352 e. The molecule has 0 bridgehead atoms. The van der Waals surface area contributed by atoms with Crippen molar-refractivity contribution >= 4 is 23.1 Å². The van der Waals surface area contributed by atoms with Crippen LogP contribution in [0.2, 0.25) is 5.02 Å². The number of pyridine rings is 1. The minimum atomic E-state index is 0.312. The van der Waals surface area contributed by atoms with E-state index < -0.39 is 0 Å². The first-order valence-corrected chi connectivity index (χ1v) is 11.6. The van der Waals surface area contributed by atoms with E-state index in [0.29, 0.717) is 22.9 Å². The van der Waals surface area contributed by atoms with E-state index in [4.69, 9.17) is 21.7 Å². The van der Waals surface area contributed by atoms with Gasteiger partial charge in [0.1, 0.15) is 0 Å². The molecule has 3 heterocycles. The lowest BCUT2D eigenvalue weighted by Crippen LogP contribution is -2.16. The Morgan fingerprint density at radius 1 is 1.03 bits per heavy atom. The maximum Gasteiger partial charge on any atom is 0.223 e. The average molecular weight is 428 g/mol. The van der Waals surface area contributed by atoms with Gasteiger partial charge in [-0.1, -0.05) is 57.7 Å². The molecular formula is C24H34ClN5. The van der Waals surface area contributed by atoms with E-state index in [2.05, 4.69) is 57.1 Å². The second-order valence-corrected chi connectivity index (χ2v) is 8.64. The van der Waals surface area contributed by atoms with Gasteiger partial charge in [-0.15, -0.1) is 0 Å². The number of halogens is 1. The summed E-state index contributed by atoms with van der Waals surface area (Å²) in [4.78, 5) is 9.09. The van der Waals surface area contributed by atoms with Crippen LogP contribution in [0.25, 0.3) is 16.8 Å². The maximum absolute atomic E-state index is 6.50. The molecule has 0 aliphatic carbocycles. The van der Waals surface area contributed by atoms with Gasteiger partial charge in [-0.2, -0.15) is 5.10 Å². The number of fused-ring (bicyclic) bond motifs is 1. The summed E-state index contributed by atoms with van der Waals surface area (Å²) in [6, 6.07) is 4.74. The summed E-state index contributed by atoms with van der Waals surface area (Å²) in [7, 11) is 0. The van der Waals surface area contributed by atoms with Crippen LogP contribution in [0.5, 0.6) is 0 Å². The van der Waals surface area contributed by atoms with Gasteiger partial charge in [-0.3, -0.25) is 0 Å². The number of hydrogen-bond acceptors (Lipinski definition) is 4. The van der Waals surface area contributed by atoms with Crippen LogP contribution in [0.15, 0.2) is 24.5 Å². The zero-order chi connectivity index (χ0) is 21.7. The molecule has 0 saturated heterocycles. The zero-order valence-corrected chi connectivity index (χ0v) is 19.6. The van der Waals surface area contributed by atoms with Crippen molar-refractivity contribution in [3.05, 3.63) is 40.8 Å². The van der Waals surface area contributed by atoms with Gasteiger partial charge in [0.05, 0.1) is 28.6 Å². The number of nitrogens with zero attached hydrogens (tertiary/aromatic N) is 4. The van der Waals surface area contributed by atoms with E-state index in [-0.39, 0.29) is 0 Å². The van der Waals surface area contributed by atoms with Gasteiger partial charge in [0.15, 0.2) is 0 Å². The predicted molar refractivity (Wildman–Crippen MR) is 127 cm³/mol. The summed E-state index contributed by atoms with van der Waals surface area (Å²) in [5.74, 6) is 1.18. The molecule has 0 saturated carbocycles. The summed E-state index contributed by atoms with van der Waals surface area (Å²) < 4.78 is 2.04. The highest BCUT2D eigenvalue weighted by Gasteiger charge is 2.19. The average Bonchev–Trinajstić information content (AvgIpc) is 3.15. The summed E-state index contributed by atoms with van der Waals surface area (Å²) in [6.45, 7) is 11.0. The van der Waals surface area contributed by atoms with Crippen molar-refractivity contribution in [2.45, 2.75) is 85.1 Å². The van der Waals surface area contributed by atoms with Gasteiger partial charge in [0, 0.05) is 17.3 Å². The Hall–Kier alpha value is -2.14. The Bertz CT molecular complexity index is 975. The number of nitrogens with one attached hydrogen (secondary N) is 1. The molecule has 0 spiro atoms. The van der Waals surface area contributed by atoms with E-state index in [1.54, 1.807) is 6.20 Å². The first-order valence-electron chi connectivity index (χ1n) is 11.3. The second-order valence-electron chi connectivity index (χ2n) is 8.23. The van der Waals surface area contributed by atoms with Crippen LogP contribution in [0.4, 0.5) is 5.95 Å². The fourth-order valence-electron chi connectivity index (χ4n) is 4.31. The highest BCUT2D eigenvalue weighted by Crippen LogP contribution is 2.34. The molecule has 3 rings (SSSR count). The van der Waals surface area contributed by atoms with Crippen molar-refractivity contribution in [1.29, 1.82) is 0 Å². The number of rotatable bonds is 10. The van der Waals surface area contributed by atoms with Gasteiger partial charge >= 0.3 is 0 Å². The summed E-state index contributed by atoms with van der Waals surface area (Å²) in [6.07, 6.45) is 10.5. The normalized spacial score (nSPS) is 12.6. The topological polar surface area (TPSA) is 55.1 Å². The van der Waals surface area contributed by atoms with Crippen LogP contribution >= 0.6 is 11.6 Å². The molecule has 1 atom stereocenters. The van der Waals surface area contributed by atoms with E-state index in [1.807, 2.05) is 10.7 Å². The minimum absolute atomic E-state index is 0.312. The van der Waals surface area contributed by atoms with Gasteiger partial charge in [0.25, 0.3) is 0 Å². The molecule has 3 aromatic rings. The highest BCUT2D eigenvalue weighted by molar-refractivity contribution is 6.33. The zero-order valence-electron chi connectivity index (χ0n) is 18.9. The predicted octanol–water partition coefficient (Wildman–Crippen LogP) is 7.04. The monoisotopic (exact) mass is 427 g/mol. The smallest absolute Gasteiger partial charge is 0.223 e. The third kappa shape index (κ3) is 4.77. The van der Waals surface area contributed by atoms with Crippen molar-refractivity contribution in [1.82, 2.24) is 19.6 Å². The van der Waals surface area contributed by atoms with Crippen LogP contribution in [0.1, 0.15) is 83.4 Å². The van der Waals surface area contributed by atoms with Crippen molar-refractivity contribution in [2.75, 3.05) is 5.32 Å². The van der Waals surface area contributed by atoms with Gasteiger partial charge in [0.2, 0.25) is 5.95 Å². The molecule has 1 N–H and O–H groups in total. The Balaban J connectivity index is 2.01. The Morgan fingerprint density at radius 2 is 1.73 bits per heavy atom. The van der Waals surface area contributed by atoms with E-state index in [0.717, 1.165) is 29.6 Å². The van der Waals surface area contributed by atoms with Crippen LogP contribution in [0, 0.1) is 6.92 Å². The van der Waals surface area contributed by atoms with Crippen molar-refractivity contribution in [2.24, 2.45) is 0 Å². The molecule has 3 aromatic heterocycles. The van der Waals surface area contributed by atoms with Crippen molar-refractivity contribution < 1.29 is 0 Å². The summed E-state index contributed by atoms with van der Waals surface area (Å²) in [5, 5.41) is 8.61. The van der Waals surface area contributed by atoms with Gasteiger partial charge in [-0.05, 0) is 50.7 Å². The summed E-state index contributed by atoms with van der Waals surface area (Å²) in [5.41, 5.74) is 5.27. The lowest BCUT2D eigenvalue weighted by Gasteiger charge is -2.19. The fraction of sp³-hybridized carbons (Fsp3) is 0.542. The van der Waals surface area contributed by atoms with Gasteiger partial charge < -0.3 is 5.32 Å². The molecule has 162 valence electrons. The molecule has 0 aliphatic rings. The van der Waals surface area contributed by atoms with E-state index in [1.165, 1.54) is 36.9 Å². The largest absolute Gasteiger partial charge is 0.352 e. The first-order chi connectivity index (χ1) is 14.5. The number of aromatic nitrogens is 4. The third-order valence-corrected chi connectivity index (χ3v) is 6.05. The Labute approximate surface area is 185 Å². The Kier molecular flexibility index (Phi) is 7.70. The number of anilines is 1. The molecule has 0 aliphatic heterocycles. The first kappa shape index (κ1) is 22.5. The van der Waals surface area contributed by atoms with Crippen LogP contribution in [-0.4, -0.2) is 25.6 Å².